The summed E-state index contributed by atoms with van der Waals surface area (Å²) in [5.74, 6) is -1.40. The van der Waals surface area contributed by atoms with Crippen LogP contribution in [-0.4, -0.2) is 27.2 Å². The highest BCUT2D eigenvalue weighted by atomic mass is 31.1. The van der Waals surface area contributed by atoms with E-state index in [0.717, 1.165) is 0 Å². The van der Waals surface area contributed by atoms with Gasteiger partial charge in [0.25, 0.3) is 0 Å². The van der Waals surface area contributed by atoms with Gasteiger partial charge in [-0.1, -0.05) is 35.2 Å². The Hall–Kier alpha value is -1.49. The molecule has 0 aliphatic heterocycles. The van der Waals surface area contributed by atoms with E-state index < -0.39 is 19.8 Å². The first-order chi connectivity index (χ1) is 7.52. The lowest BCUT2D eigenvalue weighted by atomic mass is 10.1. The van der Waals surface area contributed by atoms with Crippen LogP contribution in [0, 0.1) is 0 Å². The molecule has 1 atom stereocenters. The van der Waals surface area contributed by atoms with Crippen LogP contribution in [0.15, 0.2) is 30.3 Å². The fourth-order valence-electron chi connectivity index (χ4n) is 1.22. The van der Waals surface area contributed by atoms with E-state index in [-0.39, 0.29) is 11.3 Å². The summed E-state index contributed by atoms with van der Waals surface area (Å²) in [6, 6.07) is 6.97. The van der Waals surface area contributed by atoms with Gasteiger partial charge < -0.3 is 10.3 Å². The molecule has 0 heterocycles. The van der Waals surface area contributed by atoms with E-state index in [4.69, 9.17) is 10.3 Å². The number of carboxylic acids is 1. The molecule has 0 aliphatic carbocycles. The van der Waals surface area contributed by atoms with Crippen LogP contribution < -0.4 is 0 Å². The molecule has 1 aromatic rings. The minimum absolute atomic E-state index is 0.0873. The molecule has 0 aliphatic rings. The number of hydroxylamine groups is 1. The summed E-state index contributed by atoms with van der Waals surface area (Å²) < 4.78 is 21.0. The van der Waals surface area contributed by atoms with E-state index in [2.05, 4.69) is 0 Å². The molecule has 16 heavy (non-hydrogen) atoms. The van der Waals surface area contributed by atoms with Gasteiger partial charge in [0, 0.05) is 6.42 Å². The highest BCUT2D eigenvalue weighted by molar-refractivity contribution is 7.27. The Kier molecular flexibility index (Phi) is 4.37. The number of aliphatic carboxylic acids is 1. The third-order valence-corrected chi connectivity index (χ3v) is 2.62. The van der Waals surface area contributed by atoms with Gasteiger partial charge in [0.05, 0.1) is 0 Å². The second-order valence-corrected chi connectivity index (χ2v) is 3.99. The smallest absolute Gasteiger partial charge is 0.423 e. The van der Waals surface area contributed by atoms with Crippen molar-refractivity contribution < 1.29 is 24.2 Å². The number of benzene rings is 1. The largest absolute Gasteiger partial charge is 0.480 e. The normalized spacial score (nSPS) is 12.4. The van der Waals surface area contributed by atoms with Gasteiger partial charge >= 0.3 is 13.8 Å². The highest BCUT2D eigenvalue weighted by Crippen LogP contribution is 2.17. The third kappa shape index (κ3) is 3.27. The van der Waals surface area contributed by atoms with Crippen molar-refractivity contribution >= 4 is 13.8 Å². The first-order valence-electron chi connectivity index (χ1n) is 4.41. The molecule has 6 nitrogen and oxygen atoms in total. The molecule has 0 amide bonds. The predicted molar refractivity (Wildman–Crippen MR) is 53.5 cm³/mol. The summed E-state index contributed by atoms with van der Waals surface area (Å²) >= 11 is 0. The SMILES string of the molecule is O=C(O)[C@H](Cc1ccccc1)N(O)P(=O)=O. The van der Waals surface area contributed by atoms with Crippen LogP contribution in [0.25, 0.3) is 0 Å². The first-order valence-corrected chi connectivity index (χ1v) is 5.54. The number of rotatable bonds is 5. The molecule has 0 bridgehead atoms. The topological polar surface area (TPSA) is 94.9 Å². The quantitative estimate of drug-likeness (QED) is 0.600. The third-order valence-electron chi connectivity index (χ3n) is 2.00. The summed E-state index contributed by atoms with van der Waals surface area (Å²) in [6.07, 6.45) is -0.0873. The van der Waals surface area contributed by atoms with Gasteiger partial charge in [0.1, 0.15) is 0 Å². The van der Waals surface area contributed by atoms with Crippen molar-refractivity contribution in [3.8, 4) is 0 Å². The monoisotopic (exact) mass is 243 g/mol. The molecular weight excluding hydrogens is 233 g/mol. The molecule has 0 saturated heterocycles. The van der Waals surface area contributed by atoms with Crippen LogP contribution >= 0.6 is 7.83 Å². The standard InChI is InChI=1S/C9H10NO5P/c11-9(12)8(10(13)16(14)15)6-7-4-2-1-3-5-7/h1-5,8,13H,6H2,(H,11,12)/t8-/m0/s1. The summed E-state index contributed by atoms with van der Waals surface area (Å²) in [6.45, 7) is 0. The van der Waals surface area contributed by atoms with Crippen LogP contribution in [0.4, 0.5) is 0 Å². The number of hydrogen-bond acceptors (Lipinski definition) is 4. The molecule has 2 N–H and O–H groups in total. The average Bonchev–Trinajstić information content (AvgIpc) is 2.26. The fourth-order valence-corrected chi connectivity index (χ4v) is 1.63. The fraction of sp³-hybridized carbons (Fsp3) is 0.222. The summed E-state index contributed by atoms with van der Waals surface area (Å²) in [5.41, 5.74) is 0.630. The van der Waals surface area contributed by atoms with E-state index in [1.807, 2.05) is 0 Å². The van der Waals surface area contributed by atoms with Crippen molar-refractivity contribution in [2.45, 2.75) is 12.5 Å². The van der Waals surface area contributed by atoms with Crippen molar-refractivity contribution in [2.24, 2.45) is 0 Å². The lowest BCUT2D eigenvalue weighted by Gasteiger charge is -2.15. The van der Waals surface area contributed by atoms with E-state index in [1.54, 1.807) is 30.3 Å². The van der Waals surface area contributed by atoms with Gasteiger partial charge in [-0.15, -0.1) is 0 Å². The average molecular weight is 243 g/mol. The maximum atomic E-state index is 10.8. The van der Waals surface area contributed by atoms with Crippen LogP contribution in [0.5, 0.6) is 0 Å². The molecule has 86 valence electrons. The molecule has 1 aromatic carbocycles. The maximum absolute atomic E-state index is 10.8. The Morgan fingerprint density at radius 2 is 1.88 bits per heavy atom. The zero-order chi connectivity index (χ0) is 12.1. The molecule has 0 unspecified atom stereocenters. The zero-order valence-corrected chi connectivity index (χ0v) is 9.08. The van der Waals surface area contributed by atoms with Crippen LogP contribution in [0.1, 0.15) is 5.56 Å². The van der Waals surface area contributed by atoms with E-state index in [1.165, 1.54) is 0 Å². The molecule has 7 heteroatoms. The second kappa shape index (κ2) is 5.55. The van der Waals surface area contributed by atoms with E-state index in [0.29, 0.717) is 5.56 Å². The van der Waals surface area contributed by atoms with Crippen LogP contribution in [0.2, 0.25) is 0 Å². The second-order valence-electron chi connectivity index (χ2n) is 3.10. The van der Waals surface area contributed by atoms with Crippen molar-refractivity contribution in [3.05, 3.63) is 35.9 Å². The van der Waals surface area contributed by atoms with Gasteiger partial charge in [-0.05, 0) is 5.56 Å². The minimum atomic E-state index is -3.32. The Morgan fingerprint density at radius 1 is 1.31 bits per heavy atom. The summed E-state index contributed by atoms with van der Waals surface area (Å²) in [4.78, 5) is 10.6. The Morgan fingerprint density at radius 3 is 2.31 bits per heavy atom. The first kappa shape index (κ1) is 12.6. The number of carboxylic acid groups (broad SMARTS) is 1. The van der Waals surface area contributed by atoms with Crippen LogP contribution in [0.3, 0.4) is 0 Å². The molecule has 0 spiro atoms. The predicted octanol–water partition coefficient (Wildman–Crippen LogP) is 1.46. The lowest BCUT2D eigenvalue weighted by molar-refractivity contribution is -0.151. The van der Waals surface area contributed by atoms with Crippen molar-refractivity contribution in [1.82, 2.24) is 4.83 Å². The van der Waals surface area contributed by atoms with Gasteiger partial charge in [-0.3, -0.25) is 4.79 Å². The van der Waals surface area contributed by atoms with Gasteiger partial charge in [-0.25, -0.2) is 9.13 Å². The maximum Gasteiger partial charge on any atom is 0.423 e. The van der Waals surface area contributed by atoms with Crippen LogP contribution in [-0.2, 0) is 20.3 Å². The van der Waals surface area contributed by atoms with Crippen molar-refractivity contribution in [2.75, 3.05) is 0 Å². The zero-order valence-electron chi connectivity index (χ0n) is 8.18. The molecular formula is C9H10NO5P. The number of hydrogen-bond donors (Lipinski definition) is 2. The summed E-state index contributed by atoms with van der Waals surface area (Å²) in [5, 5.41) is 17.9. The van der Waals surface area contributed by atoms with E-state index >= 15 is 0 Å². The Balaban J connectivity index is 2.85. The molecule has 1 rings (SSSR count). The van der Waals surface area contributed by atoms with E-state index in [9.17, 15) is 13.9 Å². The molecule has 0 fully saturated rings. The highest BCUT2D eigenvalue weighted by Gasteiger charge is 2.28. The van der Waals surface area contributed by atoms with Gasteiger partial charge in [-0.2, -0.15) is 0 Å². The van der Waals surface area contributed by atoms with Crippen molar-refractivity contribution in [3.63, 3.8) is 0 Å². The number of nitrogens with zero attached hydrogens (tertiary/aromatic N) is 1. The van der Waals surface area contributed by atoms with Gasteiger partial charge in [0.15, 0.2) is 6.04 Å². The van der Waals surface area contributed by atoms with Gasteiger partial charge in [0.2, 0.25) is 0 Å². The summed E-state index contributed by atoms with van der Waals surface area (Å²) in [7, 11) is -3.32. The molecule has 0 saturated carbocycles. The molecule has 0 radical (unpaired) electrons. The molecule has 0 aromatic heterocycles. The number of carbonyl (C=O) groups is 1. The van der Waals surface area contributed by atoms with Crippen molar-refractivity contribution in [1.29, 1.82) is 0 Å². The Bertz CT molecular complexity index is 423. The Labute approximate surface area is 92.0 Å². The minimum Gasteiger partial charge on any atom is -0.480 e. The lowest BCUT2D eigenvalue weighted by Crippen LogP contribution is -2.35.